The zero-order chi connectivity index (χ0) is 12.4. The molecule has 0 fully saturated rings. The number of halogens is 5. The maximum absolute atomic E-state index is 12.8. The van der Waals surface area contributed by atoms with Crippen LogP contribution in [0.15, 0.2) is 24.3 Å². The van der Waals surface area contributed by atoms with Gasteiger partial charge < -0.3 is 5.32 Å². The maximum atomic E-state index is 12.8. The number of nitrogens with one attached hydrogen (secondary N) is 1. The second-order valence-corrected chi connectivity index (χ2v) is 3.30. The highest BCUT2D eigenvalue weighted by Gasteiger charge is 2.58. The summed E-state index contributed by atoms with van der Waals surface area (Å²) in [6.07, 6.45) is -5.56. The summed E-state index contributed by atoms with van der Waals surface area (Å²) in [5, 5.41) is 2.76. The van der Waals surface area contributed by atoms with Gasteiger partial charge in [0, 0.05) is 12.1 Å². The molecule has 0 aliphatic heterocycles. The van der Waals surface area contributed by atoms with Crippen LogP contribution in [-0.2, 0) is 12.5 Å². The first-order valence-corrected chi connectivity index (χ1v) is 4.47. The van der Waals surface area contributed by atoms with E-state index in [0.29, 0.717) is 12.1 Å². The predicted molar refractivity (Wildman–Crippen MR) is 49.2 cm³/mol. The fourth-order valence-corrected chi connectivity index (χ4v) is 1.20. The molecule has 0 aliphatic rings. The molecular formula is C10H10F5N. The van der Waals surface area contributed by atoms with E-state index in [1.165, 1.54) is 12.1 Å². The van der Waals surface area contributed by atoms with Gasteiger partial charge in [-0.1, -0.05) is 24.3 Å². The fraction of sp³-hybridized carbons (Fsp3) is 0.400. The molecule has 90 valence electrons. The zero-order valence-corrected chi connectivity index (χ0v) is 8.41. The summed E-state index contributed by atoms with van der Waals surface area (Å²) < 4.78 is 61.7. The summed E-state index contributed by atoms with van der Waals surface area (Å²) in [6, 6.07) is 4.07. The van der Waals surface area contributed by atoms with E-state index >= 15 is 0 Å². The van der Waals surface area contributed by atoms with Crippen LogP contribution in [-0.4, -0.2) is 13.2 Å². The standard InChI is InChI=1S/C10H10F5N/c1-16-6-7-2-4-8(5-3-7)9(11,12)10(13,14)15/h2-5,16H,6H2,1H3. The largest absolute Gasteiger partial charge is 0.458 e. The summed E-state index contributed by atoms with van der Waals surface area (Å²) >= 11 is 0. The molecule has 0 bridgehead atoms. The van der Waals surface area contributed by atoms with E-state index in [-0.39, 0.29) is 0 Å². The lowest BCUT2D eigenvalue weighted by atomic mass is 10.1. The van der Waals surface area contributed by atoms with Gasteiger partial charge >= 0.3 is 12.1 Å². The van der Waals surface area contributed by atoms with Crippen molar-refractivity contribution >= 4 is 0 Å². The van der Waals surface area contributed by atoms with Crippen molar-refractivity contribution in [2.45, 2.75) is 18.6 Å². The minimum Gasteiger partial charge on any atom is -0.316 e. The Labute approximate surface area is 89.3 Å². The summed E-state index contributed by atoms with van der Waals surface area (Å²) in [7, 11) is 1.65. The third-order valence-electron chi connectivity index (χ3n) is 2.05. The molecular weight excluding hydrogens is 229 g/mol. The first-order chi connectivity index (χ1) is 7.29. The molecule has 0 saturated heterocycles. The highest BCUT2D eigenvalue weighted by atomic mass is 19.4. The summed E-state index contributed by atoms with van der Waals surface area (Å²) in [5.74, 6) is -4.80. The lowest BCUT2D eigenvalue weighted by Crippen LogP contribution is -2.33. The van der Waals surface area contributed by atoms with Crippen LogP contribution in [0.5, 0.6) is 0 Å². The fourth-order valence-electron chi connectivity index (χ4n) is 1.20. The van der Waals surface area contributed by atoms with Crippen LogP contribution in [0, 0.1) is 0 Å². The van der Waals surface area contributed by atoms with Gasteiger partial charge in [0.1, 0.15) is 0 Å². The van der Waals surface area contributed by atoms with Crippen molar-refractivity contribution in [2.24, 2.45) is 0 Å². The van der Waals surface area contributed by atoms with Crippen LogP contribution in [0.4, 0.5) is 22.0 Å². The molecule has 0 aliphatic carbocycles. The van der Waals surface area contributed by atoms with E-state index in [0.717, 1.165) is 12.1 Å². The Bertz CT molecular complexity index is 341. The van der Waals surface area contributed by atoms with Crippen LogP contribution in [0.2, 0.25) is 0 Å². The Morgan fingerprint density at radius 3 is 1.88 bits per heavy atom. The monoisotopic (exact) mass is 239 g/mol. The van der Waals surface area contributed by atoms with Crippen LogP contribution in [0.1, 0.15) is 11.1 Å². The van der Waals surface area contributed by atoms with Crippen molar-refractivity contribution in [2.75, 3.05) is 7.05 Å². The number of alkyl halides is 5. The average molecular weight is 239 g/mol. The van der Waals surface area contributed by atoms with Gasteiger partial charge in [-0.25, -0.2) is 0 Å². The molecule has 1 rings (SSSR count). The Kier molecular flexibility index (Phi) is 3.52. The topological polar surface area (TPSA) is 12.0 Å². The van der Waals surface area contributed by atoms with Gasteiger partial charge in [-0.05, 0) is 12.6 Å². The second kappa shape index (κ2) is 4.37. The van der Waals surface area contributed by atoms with E-state index in [4.69, 9.17) is 0 Å². The van der Waals surface area contributed by atoms with Gasteiger partial charge in [-0.2, -0.15) is 22.0 Å². The smallest absolute Gasteiger partial charge is 0.316 e. The molecule has 0 unspecified atom stereocenters. The molecule has 1 nitrogen and oxygen atoms in total. The summed E-state index contributed by atoms with van der Waals surface area (Å²) in [5.41, 5.74) is -0.399. The van der Waals surface area contributed by atoms with Crippen molar-refractivity contribution in [3.8, 4) is 0 Å². The molecule has 0 saturated carbocycles. The van der Waals surface area contributed by atoms with E-state index in [9.17, 15) is 22.0 Å². The number of benzene rings is 1. The Balaban J connectivity index is 2.97. The lowest BCUT2D eigenvalue weighted by molar-refractivity contribution is -0.289. The lowest BCUT2D eigenvalue weighted by Gasteiger charge is -2.19. The Morgan fingerprint density at radius 2 is 1.50 bits per heavy atom. The normalized spacial score (nSPS) is 12.9. The Hall–Kier alpha value is -1.17. The van der Waals surface area contributed by atoms with Crippen molar-refractivity contribution in [3.63, 3.8) is 0 Å². The molecule has 1 N–H and O–H groups in total. The quantitative estimate of drug-likeness (QED) is 0.799. The summed E-state index contributed by atoms with van der Waals surface area (Å²) in [6.45, 7) is 0.415. The highest BCUT2D eigenvalue weighted by molar-refractivity contribution is 5.26. The molecule has 0 radical (unpaired) electrons. The SMILES string of the molecule is CNCc1ccc(C(F)(F)C(F)(F)F)cc1. The minimum absolute atomic E-state index is 0.415. The molecule has 1 aromatic rings. The molecule has 16 heavy (non-hydrogen) atoms. The predicted octanol–water partition coefficient (Wildman–Crippen LogP) is 3.06. The van der Waals surface area contributed by atoms with Gasteiger partial charge in [-0.15, -0.1) is 0 Å². The van der Waals surface area contributed by atoms with Crippen molar-refractivity contribution < 1.29 is 22.0 Å². The Morgan fingerprint density at radius 1 is 1.00 bits per heavy atom. The van der Waals surface area contributed by atoms with E-state index in [1.807, 2.05) is 0 Å². The third-order valence-corrected chi connectivity index (χ3v) is 2.05. The van der Waals surface area contributed by atoms with Crippen molar-refractivity contribution in [1.82, 2.24) is 5.32 Å². The van der Waals surface area contributed by atoms with Gasteiger partial charge in [0.2, 0.25) is 0 Å². The number of rotatable bonds is 3. The minimum atomic E-state index is -5.56. The number of hydrogen-bond donors (Lipinski definition) is 1. The number of hydrogen-bond acceptors (Lipinski definition) is 1. The molecule has 1 aromatic carbocycles. The van der Waals surface area contributed by atoms with E-state index in [2.05, 4.69) is 5.32 Å². The van der Waals surface area contributed by atoms with Crippen LogP contribution < -0.4 is 5.32 Å². The van der Waals surface area contributed by atoms with E-state index < -0.39 is 17.7 Å². The first-order valence-electron chi connectivity index (χ1n) is 4.47. The van der Waals surface area contributed by atoms with Gasteiger partial charge in [0.05, 0.1) is 0 Å². The second-order valence-electron chi connectivity index (χ2n) is 3.30. The van der Waals surface area contributed by atoms with Crippen LogP contribution in [0.25, 0.3) is 0 Å². The molecule has 6 heteroatoms. The van der Waals surface area contributed by atoms with E-state index in [1.54, 1.807) is 7.05 Å². The third kappa shape index (κ3) is 2.49. The maximum Gasteiger partial charge on any atom is 0.458 e. The molecule has 0 aromatic heterocycles. The van der Waals surface area contributed by atoms with Crippen LogP contribution >= 0.6 is 0 Å². The van der Waals surface area contributed by atoms with Crippen LogP contribution in [0.3, 0.4) is 0 Å². The van der Waals surface area contributed by atoms with Crippen molar-refractivity contribution in [3.05, 3.63) is 35.4 Å². The molecule has 0 spiro atoms. The molecule has 0 heterocycles. The molecule has 0 atom stereocenters. The van der Waals surface area contributed by atoms with Gasteiger partial charge in [-0.3, -0.25) is 0 Å². The summed E-state index contributed by atoms with van der Waals surface area (Å²) in [4.78, 5) is 0. The van der Waals surface area contributed by atoms with Crippen molar-refractivity contribution in [1.29, 1.82) is 0 Å². The average Bonchev–Trinajstić information content (AvgIpc) is 2.17. The highest BCUT2D eigenvalue weighted by Crippen LogP contribution is 2.43. The van der Waals surface area contributed by atoms with Gasteiger partial charge in [0.25, 0.3) is 0 Å². The molecule has 0 amide bonds. The first kappa shape index (κ1) is 12.9. The van der Waals surface area contributed by atoms with Gasteiger partial charge in [0.15, 0.2) is 0 Å². The zero-order valence-electron chi connectivity index (χ0n) is 8.41.